The van der Waals surface area contributed by atoms with Crippen molar-refractivity contribution < 1.29 is 4.79 Å². The minimum absolute atomic E-state index is 0.101. The third-order valence-electron chi connectivity index (χ3n) is 2.30. The molecule has 0 unspecified atom stereocenters. The smallest absolute Gasteiger partial charge is 0.233 e. The zero-order chi connectivity index (χ0) is 13.5. The van der Waals surface area contributed by atoms with E-state index in [1.807, 2.05) is 19.9 Å². The van der Waals surface area contributed by atoms with Crippen molar-refractivity contribution in [3.05, 3.63) is 30.5 Å². The van der Waals surface area contributed by atoms with Gasteiger partial charge >= 0.3 is 0 Å². The van der Waals surface area contributed by atoms with Crippen LogP contribution < -0.4 is 5.73 Å². The van der Waals surface area contributed by atoms with E-state index in [2.05, 4.69) is 11.6 Å². The molecule has 18 heavy (non-hydrogen) atoms. The van der Waals surface area contributed by atoms with Gasteiger partial charge in [0.25, 0.3) is 0 Å². The van der Waals surface area contributed by atoms with Gasteiger partial charge in [-0.3, -0.25) is 4.79 Å². The molecule has 0 atom stereocenters. The van der Waals surface area contributed by atoms with E-state index in [4.69, 9.17) is 5.73 Å². The van der Waals surface area contributed by atoms with Crippen LogP contribution in [0, 0.1) is 0 Å². The highest BCUT2D eigenvalue weighted by Crippen LogP contribution is 2.16. The second-order valence-corrected chi connectivity index (χ2v) is 5.08. The fraction of sp³-hybridized carbons (Fsp3) is 0.385. The Morgan fingerprint density at radius 2 is 2.28 bits per heavy atom. The van der Waals surface area contributed by atoms with Gasteiger partial charge in [0.2, 0.25) is 5.91 Å². The highest BCUT2D eigenvalue weighted by molar-refractivity contribution is 7.99. The number of anilines is 1. The number of amides is 1. The zero-order valence-electron chi connectivity index (χ0n) is 10.8. The number of pyridine rings is 1. The standard InChI is InChI=1S/C13H19N3OS/c1-4-16(8-10(2)3)13(17)9-18-12-6-5-11(14)7-15-12/h5-7H,2,4,8-9,14H2,1,3H3. The van der Waals surface area contributed by atoms with Gasteiger partial charge in [-0.1, -0.05) is 23.9 Å². The van der Waals surface area contributed by atoms with E-state index >= 15 is 0 Å². The molecule has 1 aromatic rings. The maximum Gasteiger partial charge on any atom is 0.233 e. The number of likely N-dealkylation sites (N-methyl/N-ethyl adjacent to an activating group) is 1. The van der Waals surface area contributed by atoms with Gasteiger partial charge in [0, 0.05) is 13.1 Å². The molecule has 1 rings (SSSR count). The van der Waals surface area contributed by atoms with Gasteiger partial charge in [-0.2, -0.15) is 0 Å². The van der Waals surface area contributed by atoms with Crippen molar-refractivity contribution in [2.75, 3.05) is 24.6 Å². The third kappa shape index (κ3) is 4.79. The van der Waals surface area contributed by atoms with Crippen molar-refractivity contribution in [2.45, 2.75) is 18.9 Å². The predicted molar refractivity (Wildman–Crippen MR) is 76.4 cm³/mol. The second-order valence-electron chi connectivity index (χ2n) is 4.08. The van der Waals surface area contributed by atoms with Crippen molar-refractivity contribution in [2.24, 2.45) is 0 Å². The molecule has 4 nitrogen and oxygen atoms in total. The molecule has 1 aromatic heterocycles. The largest absolute Gasteiger partial charge is 0.397 e. The van der Waals surface area contributed by atoms with Gasteiger partial charge in [0.1, 0.15) is 0 Å². The van der Waals surface area contributed by atoms with Gasteiger partial charge in [0.05, 0.1) is 22.7 Å². The summed E-state index contributed by atoms with van der Waals surface area (Å²) in [7, 11) is 0. The van der Waals surface area contributed by atoms with E-state index in [0.717, 1.165) is 10.6 Å². The molecule has 0 saturated carbocycles. The molecule has 0 fully saturated rings. The molecule has 0 bridgehead atoms. The highest BCUT2D eigenvalue weighted by Gasteiger charge is 2.12. The average Bonchev–Trinajstić information content (AvgIpc) is 2.34. The molecule has 1 heterocycles. The molecule has 1 amide bonds. The van der Waals surface area contributed by atoms with Gasteiger partial charge < -0.3 is 10.6 Å². The number of carbonyl (C=O) groups is 1. The van der Waals surface area contributed by atoms with Gasteiger partial charge in [-0.05, 0) is 26.0 Å². The first-order chi connectivity index (χ1) is 8.52. The Morgan fingerprint density at radius 3 is 2.78 bits per heavy atom. The number of thioether (sulfide) groups is 1. The molecule has 0 saturated heterocycles. The van der Waals surface area contributed by atoms with E-state index in [9.17, 15) is 4.79 Å². The lowest BCUT2D eigenvalue weighted by Gasteiger charge is -2.20. The average molecular weight is 265 g/mol. The van der Waals surface area contributed by atoms with Crippen LogP contribution in [0.25, 0.3) is 0 Å². The predicted octanol–water partition coefficient (Wildman–Crippen LogP) is 2.18. The number of nitrogens with two attached hydrogens (primary N) is 1. The molecule has 0 radical (unpaired) electrons. The first kappa shape index (κ1) is 14.6. The summed E-state index contributed by atoms with van der Waals surface area (Å²) < 4.78 is 0. The van der Waals surface area contributed by atoms with Crippen LogP contribution >= 0.6 is 11.8 Å². The van der Waals surface area contributed by atoms with Crippen molar-refractivity contribution in [1.29, 1.82) is 0 Å². The number of nitrogen functional groups attached to an aromatic ring is 1. The topological polar surface area (TPSA) is 59.2 Å². The molecule has 0 aliphatic carbocycles. The number of carbonyl (C=O) groups excluding carboxylic acids is 1. The van der Waals surface area contributed by atoms with Crippen molar-refractivity contribution in [3.8, 4) is 0 Å². The van der Waals surface area contributed by atoms with Crippen molar-refractivity contribution >= 4 is 23.4 Å². The lowest BCUT2D eigenvalue weighted by Crippen LogP contribution is -2.33. The van der Waals surface area contributed by atoms with Crippen LogP contribution in [0.2, 0.25) is 0 Å². The molecule has 5 heteroatoms. The summed E-state index contributed by atoms with van der Waals surface area (Å²) >= 11 is 1.42. The van der Waals surface area contributed by atoms with E-state index in [1.165, 1.54) is 11.8 Å². The maximum atomic E-state index is 12.0. The molecule has 0 aromatic carbocycles. The summed E-state index contributed by atoms with van der Waals surface area (Å²) in [5.74, 6) is 0.488. The number of rotatable bonds is 6. The van der Waals surface area contributed by atoms with Crippen LogP contribution in [0.5, 0.6) is 0 Å². The summed E-state index contributed by atoms with van der Waals surface area (Å²) in [5.41, 5.74) is 7.17. The Balaban J connectivity index is 2.49. The van der Waals surface area contributed by atoms with Crippen LogP contribution in [0.15, 0.2) is 35.5 Å². The van der Waals surface area contributed by atoms with Gasteiger partial charge in [-0.25, -0.2) is 4.98 Å². The quantitative estimate of drug-likeness (QED) is 0.632. The molecular formula is C13H19N3OS. The van der Waals surface area contributed by atoms with E-state index in [1.54, 1.807) is 17.2 Å². The normalized spacial score (nSPS) is 10.1. The summed E-state index contributed by atoms with van der Waals surface area (Å²) in [4.78, 5) is 17.9. The summed E-state index contributed by atoms with van der Waals surface area (Å²) in [6, 6.07) is 3.60. The monoisotopic (exact) mass is 265 g/mol. The Morgan fingerprint density at radius 1 is 1.56 bits per heavy atom. The number of hydrogen-bond donors (Lipinski definition) is 1. The Bertz CT molecular complexity index is 417. The fourth-order valence-corrected chi connectivity index (χ4v) is 2.15. The number of hydrogen-bond acceptors (Lipinski definition) is 4. The first-order valence-corrected chi connectivity index (χ1v) is 6.78. The molecule has 0 aliphatic heterocycles. The van der Waals surface area contributed by atoms with Crippen LogP contribution in [-0.2, 0) is 4.79 Å². The van der Waals surface area contributed by atoms with Crippen molar-refractivity contribution in [3.63, 3.8) is 0 Å². The minimum Gasteiger partial charge on any atom is -0.397 e. The van der Waals surface area contributed by atoms with Gasteiger partial charge in [0.15, 0.2) is 0 Å². The SMILES string of the molecule is C=C(C)CN(CC)C(=O)CSc1ccc(N)cn1. The molecule has 98 valence electrons. The summed E-state index contributed by atoms with van der Waals surface area (Å²) in [5, 5.41) is 0.809. The summed E-state index contributed by atoms with van der Waals surface area (Å²) in [6.07, 6.45) is 1.60. The Hall–Kier alpha value is -1.49. The van der Waals surface area contributed by atoms with E-state index in [-0.39, 0.29) is 5.91 Å². The van der Waals surface area contributed by atoms with Gasteiger partial charge in [-0.15, -0.1) is 0 Å². The molecule has 0 aliphatic rings. The maximum absolute atomic E-state index is 12.0. The Labute approximate surface area is 112 Å². The fourth-order valence-electron chi connectivity index (χ4n) is 1.41. The highest BCUT2D eigenvalue weighted by atomic mass is 32.2. The molecular weight excluding hydrogens is 246 g/mol. The lowest BCUT2D eigenvalue weighted by molar-refractivity contribution is -0.127. The van der Waals surface area contributed by atoms with E-state index < -0.39 is 0 Å². The molecule has 2 N–H and O–H groups in total. The van der Waals surface area contributed by atoms with E-state index in [0.29, 0.717) is 24.5 Å². The molecule has 0 spiro atoms. The lowest BCUT2D eigenvalue weighted by atomic mass is 10.3. The number of aromatic nitrogens is 1. The first-order valence-electron chi connectivity index (χ1n) is 5.79. The third-order valence-corrected chi connectivity index (χ3v) is 3.23. The Kier molecular flexibility index (Phi) is 5.71. The van der Waals surface area contributed by atoms with Crippen LogP contribution in [0.3, 0.4) is 0 Å². The van der Waals surface area contributed by atoms with Crippen LogP contribution in [0.4, 0.5) is 5.69 Å². The second kappa shape index (κ2) is 7.06. The zero-order valence-corrected chi connectivity index (χ0v) is 11.7. The van der Waals surface area contributed by atoms with Crippen LogP contribution in [0.1, 0.15) is 13.8 Å². The van der Waals surface area contributed by atoms with Crippen LogP contribution in [-0.4, -0.2) is 34.6 Å². The number of nitrogens with zero attached hydrogens (tertiary/aromatic N) is 2. The summed E-state index contributed by atoms with van der Waals surface area (Å²) in [6.45, 7) is 9.02. The minimum atomic E-state index is 0.101. The van der Waals surface area contributed by atoms with Crippen molar-refractivity contribution in [1.82, 2.24) is 9.88 Å².